The molecule has 0 aliphatic carbocycles. The Hall–Kier alpha value is -3.47. The van der Waals surface area contributed by atoms with Gasteiger partial charge in [-0.15, -0.1) is 0 Å². The third-order valence-corrected chi connectivity index (χ3v) is 6.33. The summed E-state index contributed by atoms with van der Waals surface area (Å²) in [5.41, 5.74) is 11.9. The van der Waals surface area contributed by atoms with Gasteiger partial charge in [0.1, 0.15) is 23.1 Å². The van der Waals surface area contributed by atoms with Gasteiger partial charge in [-0.25, -0.2) is 9.97 Å². The van der Waals surface area contributed by atoms with Gasteiger partial charge in [-0.05, 0) is 43.2 Å². The number of aromatic nitrogens is 4. The molecule has 0 radical (unpaired) electrons. The van der Waals surface area contributed by atoms with Crippen molar-refractivity contribution in [2.45, 2.75) is 18.9 Å². The van der Waals surface area contributed by atoms with Crippen molar-refractivity contribution in [1.82, 2.24) is 19.5 Å². The number of hydrogen-bond acceptors (Lipinski definition) is 6. The van der Waals surface area contributed by atoms with Crippen molar-refractivity contribution < 1.29 is 0 Å². The summed E-state index contributed by atoms with van der Waals surface area (Å²) in [4.78, 5) is 15.8. The number of para-hydroxylation sites is 1. The van der Waals surface area contributed by atoms with Gasteiger partial charge in [0, 0.05) is 49.8 Å². The van der Waals surface area contributed by atoms with Crippen molar-refractivity contribution in [2.75, 3.05) is 18.0 Å². The van der Waals surface area contributed by atoms with Crippen LogP contribution < -0.4 is 10.6 Å². The molecule has 1 fully saturated rings. The number of halogens is 1. The van der Waals surface area contributed by atoms with Crippen LogP contribution in [0, 0.1) is 11.3 Å². The first-order valence-corrected chi connectivity index (χ1v) is 10.8. The molecular weight excluding hydrogens is 422 g/mol. The van der Waals surface area contributed by atoms with E-state index in [1.54, 1.807) is 12.3 Å². The average molecular weight is 444 g/mol. The first-order chi connectivity index (χ1) is 15.4. The number of hydrogen-bond donors (Lipinski definition) is 1. The first-order valence-electron chi connectivity index (χ1n) is 10.4. The van der Waals surface area contributed by atoms with Crippen LogP contribution in [0.5, 0.6) is 0 Å². The molecule has 1 aromatic carbocycles. The van der Waals surface area contributed by atoms with Crippen LogP contribution in [0.25, 0.3) is 33.5 Å². The van der Waals surface area contributed by atoms with E-state index in [1.807, 2.05) is 48.3 Å². The Balaban J connectivity index is 1.78. The topological polar surface area (TPSA) is 96.7 Å². The van der Waals surface area contributed by atoms with Gasteiger partial charge in [-0.1, -0.05) is 17.7 Å². The van der Waals surface area contributed by atoms with Crippen LogP contribution >= 0.6 is 11.6 Å². The van der Waals surface area contributed by atoms with Crippen LogP contribution in [-0.2, 0) is 7.05 Å². The van der Waals surface area contributed by atoms with Gasteiger partial charge < -0.3 is 15.2 Å². The van der Waals surface area contributed by atoms with Crippen molar-refractivity contribution in [3.63, 3.8) is 0 Å². The third kappa shape index (κ3) is 3.38. The Morgan fingerprint density at radius 1 is 1.22 bits per heavy atom. The Morgan fingerprint density at radius 2 is 2.03 bits per heavy atom. The molecule has 2 N–H and O–H groups in total. The number of fused-ring (bicyclic) bond motifs is 1. The maximum Gasteiger partial charge on any atom is 0.144 e. The third-order valence-electron chi connectivity index (χ3n) is 6.03. The fourth-order valence-corrected chi connectivity index (χ4v) is 4.64. The summed E-state index contributed by atoms with van der Waals surface area (Å²) >= 11 is 6.44. The number of imidazole rings is 1. The normalized spacial score (nSPS) is 18.3. The lowest BCUT2D eigenvalue weighted by molar-refractivity contribution is 0.525. The fraction of sp³-hybridized carbons (Fsp3) is 0.250. The Bertz CT molecular complexity index is 1380. The maximum absolute atomic E-state index is 9.35. The summed E-state index contributed by atoms with van der Waals surface area (Å²) in [5, 5.41) is 9.96. The van der Waals surface area contributed by atoms with Gasteiger partial charge in [0.15, 0.2) is 0 Å². The summed E-state index contributed by atoms with van der Waals surface area (Å²) in [6.07, 6.45) is 6.20. The van der Waals surface area contributed by atoms with E-state index in [2.05, 4.69) is 27.9 Å². The lowest BCUT2D eigenvalue weighted by Crippen LogP contribution is -2.39. The molecule has 5 rings (SSSR count). The molecule has 7 nitrogen and oxygen atoms in total. The number of nitrogens with zero attached hydrogens (tertiary/aromatic N) is 6. The summed E-state index contributed by atoms with van der Waals surface area (Å²) in [5.74, 6) is 0.776. The van der Waals surface area contributed by atoms with Crippen molar-refractivity contribution in [1.29, 1.82) is 5.26 Å². The second kappa shape index (κ2) is 7.59. The molecule has 8 heteroatoms. The van der Waals surface area contributed by atoms with Crippen LogP contribution in [0.15, 0.2) is 48.9 Å². The Morgan fingerprint density at radius 3 is 2.75 bits per heavy atom. The van der Waals surface area contributed by atoms with Gasteiger partial charge >= 0.3 is 0 Å². The highest BCUT2D eigenvalue weighted by Gasteiger charge is 2.33. The largest absolute Gasteiger partial charge is 0.368 e. The highest BCUT2D eigenvalue weighted by molar-refractivity contribution is 6.35. The van der Waals surface area contributed by atoms with E-state index in [1.165, 1.54) is 0 Å². The van der Waals surface area contributed by atoms with Crippen LogP contribution in [-0.4, -0.2) is 38.1 Å². The van der Waals surface area contributed by atoms with E-state index in [0.29, 0.717) is 17.3 Å². The predicted molar refractivity (Wildman–Crippen MR) is 126 cm³/mol. The van der Waals surface area contributed by atoms with Crippen LogP contribution in [0.3, 0.4) is 0 Å². The quantitative estimate of drug-likeness (QED) is 0.511. The van der Waals surface area contributed by atoms with Gasteiger partial charge in [0.25, 0.3) is 0 Å². The molecule has 32 heavy (non-hydrogen) atoms. The first kappa shape index (κ1) is 20.4. The number of aryl methyl sites for hydroxylation is 1. The Kier molecular flexibility index (Phi) is 4.85. The van der Waals surface area contributed by atoms with Crippen molar-refractivity contribution in [3.05, 3.63) is 59.6 Å². The van der Waals surface area contributed by atoms with Gasteiger partial charge in [0.2, 0.25) is 0 Å². The van der Waals surface area contributed by atoms with E-state index in [-0.39, 0.29) is 5.54 Å². The second-order valence-corrected chi connectivity index (χ2v) is 8.96. The minimum absolute atomic E-state index is 0.288. The molecule has 0 bridgehead atoms. The number of anilines is 1. The molecule has 3 aromatic heterocycles. The molecule has 1 saturated heterocycles. The molecule has 0 saturated carbocycles. The molecule has 0 spiro atoms. The average Bonchev–Trinajstić information content (AvgIpc) is 3.33. The second-order valence-electron chi connectivity index (χ2n) is 8.55. The van der Waals surface area contributed by atoms with Crippen LogP contribution in [0.1, 0.15) is 19.0 Å². The monoisotopic (exact) mass is 443 g/mol. The maximum atomic E-state index is 9.35. The van der Waals surface area contributed by atoms with E-state index < -0.39 is 0 Å². The number of rotatable bonds is 3. The molecule has 160 valence electrons. The summed E-state index contributed by atoms with van der Waals surface area (Å²) < 4.78 is 2.04. The molecule has 4 aromatic rings. The molecule has 4 heterocycles. The molecule has 0 amide bonds. The van der Waals surface area contributed by atoms with E-state index in [9.17, 15) is 5.26 Å². The zero-order chi connectivity index (χ0) is 22.5. The molecule has 1 aliphatic heterocycles. The van der Waals surface area contributed by atoms with Crippen LogP contribution in [0.4, 0.5) is 5.69 Å². The molecule has 1 atom stereocenters. The van der Waals surface area contributed by atoms with E-state index >= 15 is 0 Å². The van der Waals surface area contributed by atoms with Crippen molar-refractivity contribution >= 4 is 28.3 Å². The SMILES string of the molecule is Cn1c(-c2cncc(-c3ccnc(C#N)c3)c2N2CC[C@](C)(N)C2)nc2c(Cl)cccc21. The standard InChI is InChI=1S/C24H22ClN7/c1-24(27)7-9-32(14-24)22-17(15-6-8-29-16(10-15)11-26)12-28-13-18(22)23-30-21-19(25)4-3-5-20(21)31(23)2/h3-6,8,10,12-13H,7,9,14,27H2,1-2H3/t24-/m0/s1. The van der Waals surface area contributed by atoms with Crippen molar-refractivity contribution in [2.24, 2.45) is 12.8 Å². The number of nitriles is 1. The predicted octanol–water partition coefficient (Wildman–Crippen LogP) is 4.15. The lowest BCUT2D eigenvalue weighted by atomic mass is 10.0. The van der Waals surface area contributed by atoms with Gasteiger partial charge in [0.05, 0.1) is 21.8 Å². The minimum atomic E-state index is -0.288. The summed E-state index contributed by atoms with van der Waals surface area (Å²) in [7, 11) is 1.98. The molecule has 0 unspecified atom stereocenters. The number of pyridine rings is 2. The fourth-order valence-electron chi connectivity index (χ4n) is 4.43. The lowest BCUT2D eigenvalue weighted by Gasteiger charge is -2.26. The van der Waals surface area contributed by atoms with Crippen LogP contribution in [0.2, 0.25) is 5.02 Å². The van der Waals surface area contributed by atoms with Crippen molar-refractivity contribution in [3.8, 4) is 28.6 Å². The number of benzene rings is 1. The highest BCUT2D eigenvalue weighted by atomic mass is 35.5. The zero-order valence-corrected chi connectivity index (χ0v) is 18.6. The van der Waals surface area contributed by atoms with Gasteiger partial charge in [-0.2, -0.15) is 5.26 Å². The minimum Gasteiger partial charge on any atom is -0.368 e. The number of nitrogens with two attached hydrogens (primary N) is 1. The summed E-state index contributed by atoms with van der Waals surface area (Å²) in [6.45, 7) is 3.60. The molecule has 1 aliphatic rings. The smallest absolute Gasteiger partial charge is 0.144 e. The van der Waals surface area contributed by atoms with E-state index in [0.717, 1.165) is 52.2 Å². The summed E-state index contributed by atoms with van der Waals surface area (Å²) in [6, 6.07) is 11.6. The Labute approximate surface area is 191 Å². The molecular formula is C24H22ClN7. The zero-order valence-electron chi connectivity index (χ0n) is 17.9. The highest BCUT2D eigenvalue weighted by Crippen LogP contribution is 2.42. The van der Waals surface area contributed by atoms with E-state index in [4.69, 9.17) is 22.3 Å². The van der Waals surface area contributed by atoms with Gasteiger partial charge in [-0.3, -0.25) is 4.98 Å².